The SMILES string of the molecule is CSc1ccc([C@H]2CC(=O)NC(SCc3ccc(Cl)cc3)=C2C#N)cc1. The molecule has 2 aromatic carbocycles. The number of thioether (sulfide) groups is 2. The Morgan fingerprint density at radius 2 is 1.88 bits per heavy atom. The fraction of sp³-hybridized carbons (Fsp3) is 0.200. The fourth-order valence-corrected chi connectivity index (χ4v) is 4.36. The van der Waals surface area contributed by atoms with E-state index in [1.165, 1.54) is 11.8 Å². The molecule has 0 aliphatic carbocycles. The molecule has 1 atom stereocenters. The van der Waals surface area contributed by atoms with E-state index < -0.39 is 0 Å². The normalized spacial score (nSPS) is 17.0. The lowest BCUT2D eigenvalue weighted by atomic mass is 9.87. The summed E-state index contributed by atoms with van der Waals surface area (Å²) in [4.78, 5) is 13.4. The van der Waals surface area contributed by atoms with Gasteiger partial charge in [0.15, 0.2) is 0 Å². The molecule has 0 unspecified atom stereocenters. The van der Waals surface area contributed by atoms with Crippen molar-refractivity contribution in [2.24, 2.45) is 0 Å². The molecule has 0 bridgehead atoms. The zero-order valence-corrected chi connectivity index (χ0v) is 16.5. The Kier molecular flexibility index (Phi) is 6.31. The largest absolute Gasteiger partial charge is 0.320 e. The number of hydrogen-bond acceptors (Lipinski definition) is 4. The summed E-state index contributed by atoms with van der Waals surface area (Å²) in [7, 11) is 0. The van der Waals surface area contributed by atoms with Gasteiger partial charge < -0.3 is 5.32 Å². The first-order valence-electron chi connectivity index (χ1n) is 8.06. The number of rotatable bonds is 5. The second-order valence-electron chi connectivity index (χ2n) is 5.85. The smallest absolute Gasteiger partial charge is 0.225 e. The maximum Gasteiger partial charge on any atom is 0.225 e. The molecule has 3 rings (SSSR count). The van der Waals surface area contributed by atoms with Gasteiger partial charge in [-0.25, -0.2) is 0 Å². The van der Waals surface area contributed by atoms with Crippen LogP contribution < -0.4 is 5.32 Å². The summed E-state index contributed by atoms with van der Waals surface area (Å²) in [5, 5.41) is 13.9. The van der Waals surface area contributed by atoms with Crippen LogP contribution in [0.2, 0.25) is 5.02 Å². The van der Waals surface area contributed by atoms with Crippen molar-refractivity contribution in [1.29, 1.82) is 5.26 Å². The van der Waals surface area contributed by atoms with Crippen LogP contribution >= 0.6 is 35.1 Å². The van der Waals surface area contributed by atoms with Crippen LogP contribution in [0.1, 0.15) is 23.5 Å². The summed E-state index contributed by atoms with van der Waals surface area (Å²) < 4.78 is 0. The first kappa shape index (κ1) is 18.9. The minimum Gasteiger partial charge on any atom is -0.320 e. The monoisotopic (exact) mass is 400 g/mol. The van der Waals surface area contributed by atoms with Gasteiger partial charge in [-0.15, -0.1) is 23.5 Å². The molecule has 0 aromatic heterocycles. The Labute approximate surface area is 166 Å². The van der Waals surface area contributed by atoms with Crippen molar-refractivity contribution in [1.82, 2.24) is 5.32 Å². The lowest BCUT2D eigenvalue weighted by Crippen LogP contribution is -2.30. The molecule has 1 N–H and O–H groups in total. The standard InChI is InChI=1S/C20H17ClN2OS2/c1-25-16-8-4-14(5-9-16)17-10-19(24)23-20(18(17)11-22)26-12-13-2-6-15(21)7-3-13/h2-9,17H,10,12H2,1H3,(H,23,24)/t17-/m1/s1. The van der Waals surface area contributed by atoms with E-state index in [0.29, 0.717) is 27.8 Å². The zero-order chi connectivity index (χ0) is 18.5. The molecular formula is C20H17ClN2OS2. The van der Waals surface area contributed by atoms with Crippen LogP contribution in [0.5, 0.6) is 0 Å². The van der Waals surface area contributed by atoms with E-state index in [-0.39, 0.29) is 11.8 Å². The molecule has 0 saturated carbocycles. The summed E-state index contributed by atoms with van der Waals surface area (Å²) in [5.41, 5.74) is 2.71. The molecule has 0 spiro atoms. The molecule has 0 saturated heterocycles. The van der Waals surface area contributed by atoms with Crippen LogP contribution in [0.25, 0.3) is 0 Å². The number of hydrogen-bond donors (Lipinski definition) is 1. The molecule has 2 aromatic rings. The number of nitrogens with zero attached hydrogens (tertiary/aromatic N) is 1. The van der Waals surface area contributed by atoms with Gasteiger partial charge in [0.25, 0.3) is 0 Å². The van der Waals surface area contributed by atoms with E-state index in [0.717, 1.165) is 16.0 Å². The van der Waals surface area contributed by atoms with Gasteiger partial charge in [0.2, 0.25) is 5.91 Å². The van der Waals surface area contributed by atoms with Crippen molar-refractivity contribution < 1.29 is 4.79 Å². The third-order valence-corrected chi connectivity index (χ3v) is 6.25. The molecule has 3 nitrogen and oxygen atoms in total. The predicted octanol–water partition coefficient (Wildman–Crippen LogP) is 5.33. The number of amides is 1. The average molecular weight is 401 g/mol. The van der Waals surface area contributed by atoms with Crippen LogP contribution in [0.4, 0.5) is 0 Å². The number of nitriles is 1. The van der Waals surface area contributed by atoms with Gasteiger partial charge in [0.1, 0.15) is 0 Å². The van der Waals surface area contributed by atoms with Gasteiger partial charge in [-0.05, 0) is 41.6 Å². The van der Waals surface area contributed by atoms with Gasteiger partial charge in [0, 0.05) is 28.0 Å². The Morgan fingerprint density at radius 3 is 2.50 bits per heavy atom. The molecule has 6 heteroatoms. The number of nitrogens with one attached hydrogen (secondary N) is 1. The third-order valence-electron chi connectivity index (χ3n) is 4.17. The molecule has 0 radical (unpaired) electrons. The molecule has 132 valence electrons. The van der Waals surface area contributed by atoms with Crippen LogP contribution in [0, 0.1) is 11.3 Å². The number of carbonyl (C=O) groups excluding carboxylic acids is 1. The van der Waals surface area contributed by atoms with E-state index >= 15 is 0 Å². The van der Waals surface area contributed by atoms with E-state index in [1.807, 2.05) is 54.8 Å². The Morgan fingerprint density at radius 1 is 1.19 bits per heavy atom. The lowest BCUT2D eigenvalue weighted by Gasteiger charge is -2.25. The highest BCUT2D eigenvalue weighted by Gasteiger charge is 2.29. The molecule has 26 heavy (non-hydrogen) atoms. The number of allylic oxidation sites excluding steroid dienone is 1. The Hall–Kier alpha value is -1.87. The van der Waals surface area contributed by atoms with Crippen molar-refractivity contribution in [3.63, 3.8) is 0 Å². The lowest BCUT2D eigenvalue weighted by molar-refractivity contribution is -0.120. The van der Waals surface area contributed by atoms with Crippen LogP contribution in [-0.4, -0.2) is 12.2 Å². The maximum atomic E-state index is 12.2. The highest BCUT2D eigenvalue weighted by atomic mass is 35.5. The average Bonchev–Trinajstić information content (AvgIpc) is 2.67. The number of benzene rings is 2. The summed E-state index contributed by atoms with van der Waals surface area (Å²) >= 11 is 9.06. The van der Waals surface area contributed by atoms with Gasteiger partial charge in [-0.3, -0.25) is 4.79 Å². The quantitative estimate of drug-likeness (QED) is 0.689. The second kappa shape index (κ2) is 8.68. The fourth-order valence-electron chi connectivity index (χ4n) is 2.79. The first-order chi connectivity index (χ1) is 12.6. The first-order valence-corrected chi connectivity index (χ1v) is 10.6. The summed E-state index contributed by atoms with van der Waals surface area (Å²) in [5.74, 6) is 0.412. The third kappa shape index (κ3) is 4.45. The molecule has 1 aliphatic heterocycles. The Bertz CT molecular complexity index is 870. The van der Waals surface area contributed by atoms with Crippen LogP contribution in [0.15, 0.2) is 64.0 Å². The second-order valence-corrected chi connectivity index (χ2v) is 8.15. The van der Waals surface area contributed by atoms with Crippen molar-refractivity contribution in [3.8, 4) is 6.07 Å². The van der Waals surface area contributed by atoms with Gasteiger partial charge in [0.05, 0.1) is 16.7 Å². The van der Waals surface area contributed by atoms with Crippen molar-refractivity contribution in [2.75, 3.05) is 6.26 Å². The predicted molar refractivity (Wildman–Crippen MR) is 109 cm³/mol. The minimum atomic E-state index is -0.197. The maximum absolute atomic E-state index is 12.2. The van der Waals surface area contributed by atoms with Crippen molar-refractivity contribution in [2.45, 2.75) is 23.0 Å². The Balaban J connectivity index is 1.85. The van der Waals surface area contributed by atoms with Crippen molar-refractivity contribution >= 4 is 41.0 Å². The van der Waals surface area contributed by atoms with E-state index in [1.54, 1.807) is 11.8 Å². The van der Waals surface area contributed by atoms with Crippen LogP contribution in [-0.2, 0) is 10.5 Å². The molecule has 1 heterocycles. The van der Waals surface area contributed by atoms with E-state index in [9.17, 15) is 10.1 Å². The summed E-state index contributed by atoms with van der Waals surface area (Å²) in [6, 6.07) is 18.0. The zero-order valence-electron chi connectivity index (χ0n) is 14.2. The molecule has 1 amide bonds. The minimum absolute atomic E-state index is 0.0541. The van der Waals surface area contributed by atoms with Gasteiger partial charge >= 0.3 is 0 Å². The highest BCUT2D eigenvalue weighted by Crippen LogP contribution is 2.37. The van der Waals surface area contributed by atoms with E-state index in [2.05, 4.69) is 11.4 Å². The summed E-state index contributed by atoms with van der Waals surface area (Å²) in [6.07, 6.45) is 2.32. The number of halogens is 1. The topological polar surface area (TPSA) is 52.9 Å². The van der Waals surface area contributed by atoms with E-state index in [4.69, 9.17) is 11.6 Å². The van der Waals surface area contributed by atoms with Gasteiger partial charge in [-0.2, -0.15) is 5.26 Å². The molecular weight excluding hydrogens is 384 g/mol. The number of carbonyl (C=O) groups is 1. The highest BCUT2D eigenvalue weighted by molar-refractivity contribution is 8.02. The molecule has 1 aliphatic rings. The van der Waals surface area contributed by atoms with Crippen LogP contribution in [0.3, 0.4) is 0 Å². The molecule has 0 fully saturated rings. The van der Waals surface area contributed by atoms with Crippen molar-refractivity contribution in [3.05, 3.63) is 75.3 Å². The summed E-state index contributed by atoms with van der Waals surface area (Å²) in [6.45, 7) is 0. The van der Waals surface area contributed by atoms with Gasteiger partial charge in [-0.1, -0.05) is 35.9 Å².